The highest BCUT2D eigenvalue weighted by molar-refractivity contribution is 5.84. The van der Waals surface area contributed by atoms with Crippen molar-refractivity contribution < 1.29 is 19.4 Å². The maximum atomic E-state index is 12.3. The molecule has 5 heteroatoms. The molecule has 34 heavy (non-hydrogen) atoms. The van der Waals surface area contributed by atoms with E-state index >= 15 is 0 Å². The van der Waals surface area contributed by atoms with Crippen LogP contribution in [0.25, 0.3) is 10.8 Å². The van der Waals surface area contributed by atoms with E-state index in [0.717, 1.165) is 48.9 Å². The van der Waals surface area contributed by atoms with E-state index in [1.165, 1.54) is 37.7 Å². The van der Waals surface area contributed by atoms with Crippen molar-refractivity contribution in [3.63, 3.8) is 0 Å². The first-order valence-electron chi connectivity index (χ1n) is 13.0. The largest absolute Gasteiger partial charge is 0.481 e. The molecule has 2 atom stereocenters. The van der Waals surface area contributed by atoms with Gasteiger partial charge >= 0.3 is 5.97 Å². The van der Waals surface area contributed by atoms with Crippen molar-refractivity contribution >= 4 is 16.7 Å². The standard InChI is InChI=1S/C19H20FNO3.C10H20/c20-24-18-6-3-13-7-12(1-2-14(13)10-18)11-21-16-4-5-17(21)9-15(8-16)19(22)23;1-10(2,3)9-7-5-4-6-8-9/h1-3,6-7,10,15-17H,4-5,8-9,11H2,(H,22,23);9H,4-8H2,1-3H3. The summed E-state index contributed by atoms with van der Waals surface area (Å²) in [6.45, 7) is 7.98. The molecule has 2 heterocycles. The molecule has 2 aromatic rings. The predicted octanol–water partition coefficient (Wildman–Crippen LogP) is 7.54. The van der Waals surface area contributed by atoms with Crippen molar-refractivity contribution in [2.75, 3.05) is 0 Å². The van der Waals surface area contributed by atoms with E-state index in [1.54, 1.807) is 12.1 Å². The van der Waals surface area contributed by atoms with Gasteiger partial charge in [-0.1, -0.05) is 58.2 Å². The molecule has 5 rings (SSSR count). The Bertz CT molecular complexity index is 965. The molecule has 4 nitrogen and oxygen atoms in total. The van der Waals surface area contributed by atoms with Crippen LogP contribution in [0.5, 0.6) is 5.75 Å². The molecule has 0 spiro atoms. The summed E-state index contributed by atoms with van der Waals surface area (Å²) >= 11 is 0. The number of carboxylic acids is 1. The van der Waals surface area contributed by atoms with Gasteiger partial charge in [-0.25, -0.2) is 0 Å². The Morgan fingerprint density at radius 3 is 2.15 bits per heavy atom. The highest BCUT2D eigenvalue weighted by Crippen LogP contribution is 2.40. The quantitative estimate of drug-likeness (QED) is 0.502. The molecule has 1 saturated carbocycles. The van der Waals surface area contributed by atoms with Crippen LogP contribution in [-0.4, -0.2) is 28.1 Å². The Kier molecular flexibility index (Phi) is 7.81. The molecule has 2 saturated heterocycles. The van der Waals surface area contributed by atoms with E-state index in [0.29, 0.717) is 17.5 Å². The zero-order valence-electron chi connectivity index (χ0n) is 20.9. The smallest absolute Gasteiger partial charge is 0.306 e. The van der Waals surface area contributed by atoms with Crippen LogP contribution in [0.1, 0.15) is 84.1 Å². The highest BCUT2D eigenvalue weighted by Gasteiger charge is 2.42. The SMILES string of the molecule is CC(C)(C)C1CCCCC1.O=C(O)C1CC2CCC(C1)N2Cc1ccc2cc(OF)ccc2c1. The summed E-state index contributed by atoms with van der Waals surface area (Å²) < 4.78 is 12.3. The third-order valence-corrected chi connectivity index (χ3v) is 8.39. The van der Waals surface area contributed by atoms with Crippen LogP contribution in [0.4, 0.5) is 4.53 Å². The van der Waals surface area contributed by atoms with Crippen LogP contribution in [0.2, 0.25) is 0 Å². The number of hydrogen-bond donors (Lipinski definition) is 1. The molecule has 0 aromatic heterocycles. The lowest BCUT2D eigenvalue weighted by Gasteiger charge is -2.37. The second-order valence-electron chi connectivity index (χ2n) is 11.7. The number of carboxylic acid groups (broad SMARTS) is 1. The van der Waals surface area contributed by atoms with Gasteiger partial charge in [0.2, 0.25) is 0 Å². The molecule has 2 aromatic carbocycles. The van der Waals surface area contributed by atoms with E-state index in [9.17, 15) is 14.4 Å². The highest BCUT2D eigenvalue weighted by atomic mass is 19.3. The van der Waals surface area contributed by atoms with E-state index in [-0.39, 0.29) is 11.7 Å². The summed E-state index contributed by atoms with van der Waals surface area (Å²) in [7, 11) is 0. The molecular weight excluding hydrogens is 429 g/mol. The molecular formula is C29H40FNO3. The van der Waals surface area contributed by atoms with E-state index in [1.807, 2.05) is 12.1 Å². The number of fused-ring (bicyclic) bond motifs is 3. The molecule has 2 bridgehead atoms. The van der Waals surface area contributed by atoms with Gasteiger partial charge in [0.05, 0.1) is 5.92 Å². The molecule has 1 N–H and O–H groups in total. The number of nitrogens with zero attached hydrogens (tertiary/aromatic N) is 1. The molecule has 2 aliphatic heterocycles. The third kappa shape index (κ3) is 5.91. The fourth-order valence-corrected chi connectivity index (χ4v) is 6.33. The molecule has 0 amide bonds. The molecule has 1 aliphatic carbocycles. The maximum absolute atomic E-state index is 12.3. The summed E-state index contributed by atoms with van der Waals surface area (Å²) in [5.41, 5.74) is 1.78. The minimum Gasteiger partial charge on any atom is -0.481 e. The summed E-state index contributed by atoms with van der Waals surface area (Å²) in [4.78, 5) is 17.5. The molecule has 2 unspecified atom stereocenters. The Morgan fingerprint density at radius 1 is 0.971 bits per heavy atom. The number of hydrogen-bond acceptors (Lipinski definition) is 3. The van der Waals surface area contributed by atoms with Gasteiger partial charge < -0.3 is 5.11 Å². The van der Waals surface area contributed by atoms with Crippen molar-refractivity contribution in [3.05, 3.63) is 42.0 Å². The van der Waals surface area contributed by atoms with Gasteiger partial charge in [0.15, 0.2) is 5.75 Å². The fraction of sp³-hybridized carbons (Fsp3) is 0.621. The van der Waals surface area contributed by atoms with Crippen LogP contribution in [-0.2, 0) is 11.3 Å². The van der Waals surface area contributed by atoms with Crippen LogP contribution in [0.3, 0.4) is 0 Å². The van der Waals surface area contributed by atoms with Crippen molar-refractivity contribution in [1.82, 2.24) is 4.90 Å². The Hall–Kier alpha value is -2.14. The first kappa shape index (κ1) is 25.0. The lowest BCUT2D eigenvalue weighted by atomic mass is 9.72. The Labute approximate surface area is 203 Å². The number of aliphatic carboxylic acids is 1. The van der Waals surface area contributed by atoms with Crippen molar-refractivity contribution in [1.29, 1.82) is 0 Å². The van der Waals surface area contributed by atoms with Crippen molar-refractivity contribution in [2.45, 2.75) is 97.2 Å². The minimum atomic E-state index is -0.650. The molecule has 3 aliphatic rings. The zero-order valence-corrected chi connectivity index (χ0v) is 20.9. The Balaban J connectivity index is 0.000000231. The summed E-state index contributed by atoms with van der Waals surface area (Å²) in [5.74, 6) is 0.378. The zero-order chi connectivity index (χ0) is 24.3. The lowest BCUT2D eigenvalue weighted by Crippen LogP contribution is -2.44. The number of piperidine rings is 1. The van der Waals surface area contributed by atoms with Crippen molar-refractivity contribution in [2.24, 2.45) is 17.3 Å². The summed E-state index contributed by atoms with van der Waals surface area (Å²) in [5, 5.41) is 11.3. The maximum Gasteiger partial charge on any atom is 0.306 e. The van der Waals surface area contributed by atoms with Gasteiger partial charge in [-0.3, -0.25) is 14.6 Å². The van der Waals surface area contributed by atoms with E-state index in [4.69, 9.17) is 0 Å². The van der Waals surface area contributed by atoms with Crippen LogP contribution in [0.15, 0.2) is 36.4 Å². The summed E-state index contributed by atoms with van der Waals surface area (Å²) in [6.07, 6.45) is 11.1. The fourth-order valence-electron chi connectivity index (χ4n) is 6.33. The Morgan fingerprint density at radius 2 is 1.59 bits per heavy atom. The number of carbonyl (C=O) groups is 1. The average Bonchev–Trinajstić information content (AvgIpc) is 3.04. The second kappa shape index (κ2) is 10.6. The monoisotopic (exact) mass is 469 g/mol. The molecule has 0 radical (unpaired) electrons. The summed E-state index contributed by atoms with van der Waals surface area (Å²) in [6, 6.07) is 12.1. The van der Waals surface area contributed by atoms with Crippen molar-refractivity contribution in [3.8, 4) is 5.75 Å². The van der Waals surface area contributed by atoms with Gasteiger partial charge in [0.25, 0.3) is 0 Å². The first-order valence-corrected chi connectivity index (χ1v) is 13.0. The normalized spacial score (nSPS) is 25.6. The lowest BCUT2D eigenvalue weighted by molar-refractivity contribution is -0.144. The third-order valence-electron chi connectivity index (χ3n) is 8.39. The van der Waals surface area contributed by atoms with Crippen LogP contribution in [0, 0.1) is 17.3 Å². The average molecular weight is 470 g/mol. The molecule has 186 valence electrons. The van der Waals surface area contributed by atoms with Gasteiger partial charge in [-0.15, -0.1) is 0 Å². The van der Waals surface area contributed by atoms with Gasteiger partial charge in [-0.05, 0) is 84.4 Å². The topological polar surface area (TPSA) is 49.8 Å². The van der Waals surface area contributed by atoms with E-state index < -0.39 is 5.97 Å². The minimum absolute atomic E-state index is 0.186. The number of benzene rings is 2. The van der Waals surface area contributed by atoms with Crippen LogP contribution >= 0.6 is 0 Å². The van der Waals surface area contributed by atoms with Gasteiger partial charge in [0, 0.05) is 23.2 Å². The van der Waals surface area contributed by atoms with Gasteiger partial charge in [-0.2, -0.15) is 0 Å². The number of halogens is 1. The first-order chi connectivity index (χ1) is 16.2. The second-order valence-corrected chi connectivity index (χ2v) is 11.7. The van der Waals surface area contributed by atoms with Gasteiger partial charge in [0.1, 0.15) is 0 Å². The van der Waals surface area contributed by atoms with Crippen LogP contribution < -0.4 is 4.94 Å². The number of rotatable bonds is 4. The molecule has 3 fully saturated rings. The predicted molar refractivity (Wildman–Crippen MR) is 134 cm³/mol. The van der Waals surface area contributed by atoms with E-state index in [2.05, 4.69) is 42.7 Å².